The first-order chi connectivity index (χ1) is 12.8. The fourth-order valence-corrected chi connectivity index (χ4v) is 3.74. The zero-order chi connectivity index (χ0) is 19.6. The third kappa shape index (κ3) is 4.54. The number of amides is 1. The second-order valence-corrected chi connectivity index (χ2v) is 8.86. The maximum atomic E-state index is 12.6. The van der Waals surface area contributed by atoms with E-state index in [4.69, 9.17) is 4.98 Å². The summed E-state index contributed by atoms with van der Waals surface area (Å²) in [5, 5.41) is 4.39. The second kappa shape index (κ2) is 7.79. The first kappa shape index (κ1) is 19.5. The molecule has 1 saturated heterocycles. The van der Waals surface area contributed by atoms with Crippen molar-refractivity contribution in [3.63, 3.8) is 0 Å². The Morgan fingerprint density at radius 3 is 2.78 bits per heavy atom. The minimum Gasteiger partial charge on any atom is -0.342 e. The van der Waals surface area contributed by atoms with E-state index < -0.39 is 0 Å². The summed E-state index contributed by atoms with van der Waals surface area (Å²) in [4.78, 5) is 23.9. The summed E-state index contributed by atoms with van der Waals surface area (Å²) >= 11 is 0. The normalized spacial score (nSPS) is 18.1. The quantitative estimate of drug-likeness (QED) is 0.823. The molecular weight excluding hydrogens is 338 g/mol. The van der Waals surface area contributed by atoms with Gasteiger partial charge in [-0.25, -0.2) is 4.98 Å². The topological polar surface area (TPSA) is 63.9 Å². The summed E-state index contributed by atoms with van der Waals surface area (Å²) in [7, 11) is 0. The predicted octanol–water partition coefficient (Wildman–Crippen LogP) is 3.75. The van der Waals surface area contributed by atoms with Crippen molar-refractivity contribution < 1.29 is 4.79 Å². The van der Waals surface area contributed by atoms with Crippen molar-refractivity contribution in [2.45, 2.75) is 59.9 Å². The van der Waals surface area contributed by atoms with Crippen LogP contribution < -0.4 is 0 Å². The standard InChI is InChI=1S/C21H31N5O/c1-15(2)26-19(8-9-23-26)18-13-22-12-17(24-18)11-16-7-6-10-25(14-16)20(27)21(3,4)5/h8-9,12-13,15-16H,6-7,10-11,14H2,1-5H3/t16-/m0/s1. The van der Waals surface area contributed by atoms with Crippen LogP contribution in [0, 0.1) is 11.3 Å². The Labute approximate surface area is 162 Å². The Hall–Kier alpha value is -2.24. The Bertz CT molecular complexity index is 790. The van der Waals surface area contributed by atoms with Crippen LogP contribution in [-0.2, 0) is 11.2 Å². The van der Waals surface area contributed by atoms with Crippen molar-refractivity contribution in [3.8, 4) is 11.4 Å². The van der Waals surface area contributed by atoms with E-state index in [0.29, 0.717) is 5.92 Å². The van der Waals surface area contributed by atoms with Gasteiger partial charge in [-0.05, 0) is 45.1 Å². The second-order valence-electron chi connectivity index (χ2n) is 8.86. The lowest BCUT2D eigenvalue weighted by molar-refractivity contribution is -0.141. The molecule has 2 aromatic rings. The molecule has 0 aromatic carbocycles. The summed E-state index contributed by atoms with van der Waals surface area (Å²) < 4.78 is 1.97. The van der Waals surface area contributed by atoms with E-state index in [-0.39, 0.29) is 17.4 Å². The zero-order valence-electron chi connectivity index (χ0n) is 17.1. The van der Waals surface area contributed by atoms with Gasteiger partial charge in [0.25, 0.3) is 0 Å². The first-order valence-electron chi connectivity index (χ1n) is 9.90. The van der Waals surface area contributed by atoms with Gasteiger partial charge in [0.05, 0.1) is 17.6 Å². The molecule has 0 spiro atoms. The number of likely N-dealkylation sites (tertiary alicyclic amines) is 1. The monoisotopic (exact) mass is 369 g/mol. The molecule has 0 N–H and O–H groups in total. The summed E-state index contributed by atoms with van der Waals surface area (Å²) in [5.41, 5.74) is 2.51. The van der Waals surface area contributed by atoms with E-state index in [2.05, 4.69) is 23.9 Å². The molecule has 6 nitrogen and oxygen atoms in total. The molecule has 1 aliphatic heterocycles. The van der Waals surface area contributed by atoms with Gasteiger partial charge >= 0.3 is 0 Å². The minimum atomic E-state index is -0.323. The van der Waals surface area contributed by atoms with Gasteiger partial charge in [-0.3, -0.25) is 14.5 Å². The highest BCUT2D eigenvalue weighted by molar-refractivity contribution is 5.81. The highest BCUT2D eigenvalue weighted by Gasteiger charge is 2.31. The number of nitrogens with zero attached hydrogens (tertiary/aromatic N) is 5. The molecule has 0 bridgehead atoms. The Morgan fingerprint density at radius 2 is 2.07 bits per heavy atom. The number of carbonyl (C=O) groups excluding carboxylic acids is 1. The van der Waals surface area contributed by atoms with Gasteiger partial charge in [0.2, 0.25) is 5.91 Å². The highest BCUT2D eigenvalue weighted by Crippen LogP contribution is 2.26. The molecule has 0 radical (unpaired) electrons. The molecule has 2 aromatic heterocycles. The van der Waals surface area contributed by atoms with Crippen molar-refractivity contribution in [1.29, 1.82) is 0 Å². The smallest absolute Gasteiger partial charge is 0.227 e. The van der Waals surface area contributed by atoms with Crippen LogP contribution in [-0.4, -0.2) is 43.6 Å². The molecule has 1 aliphatic rings. The van der Waals surface area contributed by atoms with E-state index >= 15 is 0 Å². The number of carbonyl (C=O) groups is 1. The van der Waals surface area contributed by atoms with Gasteiger partial charge in [-0.1, -0.05) is 20.8 Å². The maximum absolute atomic E-state index is 12.6. The lowest BCUT2D eigenvalue weighted by atomic mass is 9.89. The van der Waals surface area contributed by atoms with E-state index in [1.54, 1.807) is 12.4 Å². The third-order valence-electron chi connectivity index (χ3n) is 5.05. The summed E-state index contributed by atoms with van der Waals surface area (Å²) in [5.74, 6) is 0.678. The van der Waals surface area contributed by atoms with E-state index in [0.717, 1.165) is 49.4 Å². The molecule has 0 unspecified atom stereocenters. The van der Waals surface area contributed by atoms with Crippen LogP contribution in [0.5, 0.6) is 0 Å². The highest BCUT2D eigenvalue weighted by atomic mass is 16.2. The van der Waals surface area contributed by atoms with Crippen LogP contribution >= 0.6 is 0 Å². The Kier molecular flexibility index (Phi) is 5.63. The molecule has 3 heterocycles. The van der Waals surface area contributed by atoms with Crippen LogP contribution in [0.2, 0.25) is 0 Å². The molecule has 0 aliphatic carbocycles. The largest absolute Gasteiger partial charge is 0.342 e. The van der Waals surface area contributed by atoms with Crippen molar-refractivity contribution in [1.82, 2.24) is 24.6 Å². The average Bonchev–Trinajstić information content (AvgIpc) is 3.11. The molecule has 146 valence electrons. The van der Waals surface area contributed by atoms with Crippen molar-refractivity contribution >= 4 is 5.91 Å². The SMILES string of the molecule is CC(C)n1nccc1-c1cncc(C[C@@H]2CCCN(C(=O)C(C)(C)C)C2)n1. The summed E-state index contributed by atoms with van der Waals surface area (Å²) in [6.45, 7) is 11.9. The fourth-order valence-electron chi connectivity index (χ4n) is 3.74. The molecule has 0 saturated carbocycles. The van der Waals surface area contributed by atoms with Crippen LogP contribution in [0.25, 0.3) is 11.4 Å². The third-order valence-corrected chi connectivity index (χ3v) is 5.05. The molecule has 27 heavy (non-hydrogen) atoms. The fraction of sp³-hybridized carbons (Fsp3) is 0.619. The average molecular weight is 370 g/mol. The molecule has 1 fully saturated rings. The van der Waals surface area contributed by atoms with Crippen molar-refractivity contribution in [3.05, 3.63) is 30.4 Å². The van der Waals surface area contributed by atoms with Crippen LogP contribution in [0.15, 0.2) is 24.7 Å². The van der Waals surface area contributed by atoms with Gasteiger partial charge in [-0.2, -0.15) is 5.10 Å². The van der Waals surface area contributed by atoms with Gasteiger partial charge in [0, 0.05) is 36.9 Å². The van der Waals surface area contributed by atoms with Crippen molar-refractivity contribution in [2.75, 3.05) is 13.1 Å². The zero-order valence-corrected chi connectivity index (χ0v) is 17.1. The molecular formula is C21H31N5O. The van der Waals surface area contributed by atoms with E-state index in [1.807, 2.05) is 42.6 Å². The van der Waals surface area contributed by atoms with Crippen LogP contribution in [0.1, 0.15) is 59.2 Å². The molecule has 1 atom stereocenters. The van der Waals surface area contributed by atoms with Crippen molar-refractivity contribution in [2.24, 2.45) is 11.3 Å². The van der Waals surface area contributed by atoms with E-state index in [9.17, 15) is 4.79 Å². The van der Waals surface area contributed by atoms with Crippen LogP contribution in [0.4, 0.5) is 0 Å². The summed E-state index contributed by atoms with van der Waals surface area (Å²) in [6, 6.07) is 2.26. The van der Waals surface area contributed by atoms with Gasteiger partial charge in [-0.15, -0.1) is 0 Å². The number of hydrogen-bond donors (Lipinski definition) is 0. The lowest BCUT2D eigenvalue weighted by Gasteiger charge is -2.36. The van der Waals surface area contributed by atoms with Gasteiger partial charge in [0.1, 0.15) is 5.69 Å². The number of aromatic nitrogens is 4. The van der Waals surface area contributed by atoms with E-state index in [1.165, 1.54) is 0 Å². The molecule has 1 amide bonds. The van der Waals surface area contributed by atoms with Gasteiger partial charge < -0.3 is 4.90 Å². The number of hydrogen-bond acceptors (Lipinski definition) is 4. The number of piperidine rings is 1. The summed E-state index contributed by atoms with van der Waals surface area (Å²) in [6.07, 6.45) is 8.49. The Morgan fingerprint density at radius 1 is 1.30 bits per heavy atom. The number of rotatable bonds is 4. The molecule has 6 heteroatoms. The predicted molar refractivity (Wildman–Crippen MR) is 106 cm³/mol. The maximum Gasteiger partial charge on any atom is 0.227 e. The molecule has 3 rings (SSSR count). The first-order valence-corrected chi connectivity index (χ1v) is 9.90. The minimum absolute atomic E-state index is 0.243. The Balaban J connectivity index is 1.73. The lowest BCUT2D eigenvalue weighted by Crippen LogP contribution is -2.45. The van der Waals surface area contributed by atoms with Crippen LogP contribution in [0.3, 0.4) is 0 Å². The van der Waals surface area contributed by atoms with Gasteiger partial charge in [0.15, 0.2) is 0 Å².